The van der Waals surface area contributed by atoms with E-state index >= 15 is 0 Å². The number of carbonyl (C=O) groups is 2. The number of hydrogen-bond donors (Lipinski definition) is 5. The Bertz CT molecular complexity index is 1140. The molecule has 2 aromatic carbocycles. The van der Waals surface area contributed by atoms with Gasteiger partial charge in [0.15, 0.2) is 0 Å². The molecule has 2 amide bonds. The number of aliphatic hydroxyl groups is 3. The first-order chi connectivity index (χ1) is 19.8. The number of benzene rings is 2. The number of hydrogen-bond acceptors (Lipinski definition) is 8. The summed E-state index contributed by atoms with van der Waals surface area (Å²) in [5.74, 6) is 0.312. The summed E-state index contributed by atoms with van der Waals surface area (Å²) in [5, 5.41) is 36.6. The Morgan fingerprint density at radius 1 is 0.951 bits per heavy atom. The van der Waals surface area contributed by atoms with Gasteiger partial charge in [-0.05, 0) is 62.1 Å². The third kappa shape index (κ3) is 8.85. The van der Waals surface area contributed by atoms with E-state index in [-0.39, 0.29) is 24.3 Å². The van der Waals surface area contributed by atoms with E-state index in [1.54, 1.807) is 25.1 Å². The standard InChI is InChI=1S/C31H41N3O7/c1-21-28(37)29(38)30(39)31(40-21)41-24-13-11-23(12-14-24)25-20-26(35)33-17-7-19-34(18-6-5-16-32-25)27(36)15-10-22-8-3-2-4-9-22/h2-4,8-15,21,25,28-32,37-39H,5-7,16-20H2,1H3,(H,33,35). The molecule has 222 valence electrons. The third-order valence-corrected chi connectivity index (χ3v) is 7.43. The molecule has 2 fully saturated rings. The van der Waals surface area contributed by atoms with Gasteiger partial charge < -0.3 is 40.3 Å². The topological polar surface area (TPSA) is 141 Å². The van der Waals surface area contributed by atoms with Gasteiger partial charge in [-0.15, -0.1) is 0 Å². The minimum atomic E-state index is -1.40. The fourth-order valence-corrected chi connectivity index (χ4v) is 4.96. The van der Waals surface area contributed by atoms with Crippen LogP contribution in [0.3, 0.4) is 0 Å². The van der Waals surface area contributed by atoms with E-state index in [1.807, 2.05) is 53.4 Å². The quantitative estimate of drug-likeness (QED) is 0.345. The lowest BCUT2D eigenvalue weighted by Gasteiger charge is -2.38. The van der Waals surface area contributed by atoms with Crippen molar-refractivity contribution in [3.8, 4) is 5.75 Å². The maximum absolute atomic E-state index is 12.9. The second-order valence-electron chi connectivity index (χ2n) is 10.6. The van der Waals surface area contributed by atoms with Gasteiger partial charge >= 0.3 is 0 Å². The van der Waals surface area contributed by atoms with E-state index in [2.05, 4.69) is 10.6 Å². The second kappa shape index (κ2) is 15.1. The van der Waals surface area contributed by atoms with Crippen LogP contribution in [-0.2, 0) is 14.3 Å². The van der Waals surface area contributed by atoms with Crippen LogP contribution in [0.15, 0.2) is 60.7 Å². The van der Waals surface area contributed by atoms with Gasteiger partial charge in [0.2, 0.25) is 18.1 Å². The van der Waals surface area contributed by atoms with E-state index < -0.39 is 30.7 Å². The fraction of sp³-hybridized carbons (Fsp3) is 0.484. The first-order valence-electron chi connectivity index (χ1n) is 14.3. The van der Waals surface area contributed by atoms with Crippen LogP contribution in [0.25, 0.3) is 6.08 Å². The fourth-order valence-electron chi connectivity index (χ4n) is 4.96. The van der Waals surface area contributed by atoms with Crippen LogP contribution in [0.1, 0.15) is 49.8 Å². The summed E-state index contributed by atoms with van der Waals surface area (Å²) in [6, 6.07) is 16.6. The van der Waals surface area contributed by atoms with E-state index in [4.69, 9.17) is 9.47 Å². The van der Waals surface area contributed by atoms with Gasteiger partial charge in [-0.1, -0.05) is 42.5 Å². The van der Waals surface area contributed by atoms with Crippen LogP contribution in [0, 0.1) is 0 Å². The molecule has 6 atom stereocenters. The Hall–Kier alpha value is -3.28. The van der Waals surface area contributed by atoms with Crippen molar-refractivity contribution < 1.29 is 34.4 Å². The average molecular weight is 568 g/mol. The van der Waals surface area contributed by atoms with Crippen molar-refractivity contribution in [2.45, 2.75) is 69.4 Å². The van der Waals surface area contributed by atoms with Gasteiger partial charge in [-0.3, -0.25) is 9.59 Å². The summed E-state index contributed by atoms with van der Waals surface area (Å²) in [7, 11) is 0. The third-order valence-electron chi connectivity index (χ3n) is 7.43. The number of nitrogens with one attached hydrogen (secondary N) is 2. The Morgan fingerprint density at radius 2 is 1.68 bits per heavy atom. The number of amides is 2. The Morgan fingerprint density at radius 3 is 2.44 bits per heavy atom. The summed E-state index contributed by atoms with van der Waals surface area (Å²) in [6.45, 7) is 3.97. The Kier molecular flexibility index (Phi) is 11.3. The van der Waals surface area contributed by atoms with Crippen molar-refractivity contribution in [1.82, 2.24) is 15.5 Å². The zero-order chi connectivity index (χ0) is 29.2. The van der Waals surface area contributed by atoms with Crippen LogP contribution in [0.2, 0.25) is 0 Å². The molecular weight excluding hydrogens is 526 g/mol. The summed E-state index contributed by atoms with van der Waals surface area (Å²) in [6.07, 6.45) is 0.253. The van der Waals surface area contributed by atoms with Crippen LogP contribution in [0.5, 0.6) is 5.75 Å². The lowest BCUT2D eigenvalue weighted by Crippen LogP contribution is -2.58. The summed E-state index contributed by atoms with van der Waals surface area (Å²) < 4.78 is 11.3. The first-order valence-corrected chi connectivity index (χ1v) is 14.3. The summed E-state index contributed by atoms with van der Waals surface area (Å²) in [5.41, 5.74) is 1.88. The molecule has 6 unspecified atom stereocenters. The molecule has 0 radical (unpaired) electrons. The molecule has 5 N–H and O–H groups in total. The molecule has 0 bridgehead atoms. The van der Waals surface area contributed by atoms with Crippen LogP contribution >= 0.6 is 0 Å². The van der Waals surface area contributed by atoms with Crippen LogP contribution < -0.4 is 15.4 Å². The van der Waals surface area contributed by atoms with Gasteiger partial charge in [0.1, 0.15) is 24.1 Å². The van der Waals surface area contributed by atoms with E-state index in [9.17, 15) is 24.9 Å². The van der Waals surface area contributed by atoms with E-state index in [0.717, 1.165) is 24.0 Å². The average Bonchev–Trinajstić information content (AvgIpc) is 3.00. The first kappa shape index (κ1) is 30.7. The van der Waals surface area contributed by atoms with Crippen molar-refractivity contribution in [3.05, 3.63) is 71.8 Å². The minimum absolute atomic E-state index is 0.0329. The van der Waals surface area contributed by atoms with Gasteiger partial charge in [-0.2, -0.15) is 0 Å². The SMILES string of the molecule is CC1OC(Oc2ccc(C3CC(=O)NCCCN(C(=O)C=Cc4ccccc4)CCCCN3)cc2)C(O)C(O)C1O. The van der Waals surface area contributed by atoms with Crippen molar-refractivity contribution in [3.63, 3.8) is 0 Å². The largest absolute Gasteiger partial charge is 0.462 e. The molecule has 0 aliphatic carbocycles. The number of rotatable bonds is 5. The molecule has 2 aliphatic heterocycles. The lowest BCUT2D eigenvalue weighted by atomic mass is 10.00. The van der Waals surface area contributed by atoms with Gasteiger partial charge in [0.05, 0.1) is 6.10 Å². The molecule has 0 saturated carbocycles. The predicted molar refractivity (Wildman–Crippen MR) is 154 cm³/mol. The molecule has 2 aliphatic rings. The van der Waals surface area contributed by atoms with Crippen molar-refractivity contribution in [2.75, 3.05) is 26.2 Å². The highest BCUT2D eigenvalue weighted by Crippen LogP contribution is 2.26. The monoisotopic (exact) mass is 567 g/mol. The lowest BCUT2D eigenvalue weighted by molar-refractivity contribution is -0.268. The van der Waals surface area contributed by atoms with Crippen LogP contribution in [-0.4, -0.2) is 88.9 Å². The maximum atomic E-state index is 12.9. The molecule has 2 aromatic rings. The molecule has 0 aromatic heterocycles. The van der Waals surface area contributed by atoms with Gasteiger partial charge in [0.25, 0.3) is 0 Å². The molecule has 0 spiro atoms. The number of nitrogens with zero attached hydrogens (tertiary/aromatic N) is 1. The predicted octanol–water partition coefficient (Wildman–Crippen LogP) is 1.76. The maximum Gasteiger partial charge on any atom is 0.246 e. The number of carbonyl (C=O) groups excluding carboxylic acids is 2. The molecule has 2 saturated heterocycles. The second-order valence-corrected chi connectivity index (χ2v) is 10.6. The molecule has 4 rings (SSSR count). The Balaban J connectivity index is 1.33. The van der Waals surface area contributed by atoms with E-state index in [1.165, 1.54) is 0 Å². The molecule has 41 heavy (non-hydrogen) atoms. The molecule has 2 heterocycles. The molecular formula is C31H41N3O7. The highest BCUT2D eigenvalue weighted by molar-refractivity contribution is 5.91. The summed E-state index contributed by atoms with van der Waals surface area (Å²) in [4.78, 5) is 27.4. The smallest absolute Gasteiger partial charge is 0.246 e. The van der Waals surface area contributed by atoms with Crippen molar-refractivity contribution in [2.24, 2.45) is 0 Å². The Labute approximate surface area is 241 Å². The number of aliphatic hydroxyl groups excluding tert-OH is 3. The summed E-state index contributed by atoms with van der Waals surface area (Å²) >= 11 is 0. The normalized spacial score (nSPS) is 28.7. The van der Waals surface area contributed by atoms with Gasteiger partial charge in [-0.25, -0.2) is 0 Å². The number of ether oxygens (including phenoxy) is 2. The van der Waals surface area contributed by atoms with Gasteiger partial charge in [0, 0.05) is 38.2 Å². The van der Waals surface area contributed by atoms with Crippen molar-refractivity contribution >= 4 is 17.9 Å². The van der Waals surface area contributed by atoms with Crippen LogP contribution in [0.4, 0.5) is 0 Å². The van der Waals surface area contributed by atoms with Crippen molar-refractivity contribution in [1.29, 1.82) is 0 Å². The molecule has 10 nitrogen and oxygen atoms in total. The molecule has 10 heteroatoms. The highest BCUT2D eigenvalue weighted by Gasteiger charge is 2.43. The van der Waals surface area contributed by atoms with E-state index in [0.29, 0.717) is 38.3 Å². The highest BCUT2D eigenvalue weighted by atomic mass is 16.7. The minimum Gasteiger partial charge on any atom is -0.462 e. The zero-order valence-corrected chi connectivity index (χ0v) is 23.4. The zero-order valence-electron chi connectivity index (χ0n) is 23.4.